The lowest BCUT2D eigenvalue weighted by atomic mass is 10.0. The third-order valence-electron chi connectivity index (χ3n) is 17.0. The van der Waals surface area contributed by atoms with E-state index in [0.29, 0.717) is 5.56 Å². The molecule has 18 N–H and O–H groups in total. The van der Waals surface area contributed by atoms with E-state index in [-0.39, 0.29) is 162 Å². The second-order valence-electron chi connectivity index (χ2n) is 39.2. The van der Waals surface area contributed by atoms with E-state index in [9.17, 15) is 57.5 Å². The van der Waals surface area contributed by atoms with Gasteiger partial charge >= 0.3 is 54.8 Å². The van der Waals surface area contributed by atoms with Crippen molar-refractivity contribution in [3.8, 4) is 0 Å². The average molecular weight is 1870 g/mol. The number of ether oxygens (including phenoxy) is 9. The van der Waals surface area contributed by atoms with E-state index in [4.69, 9.17) is 48.4 Å². The molecule has 0 radical (unpaired) electrons. The fourth-order valence-corrected chi connectivity index (χ4v) is 11.5. The first-order chi connectivity index (χ1) is 60.4. The first-order valence-corrected chi connectivity index (χ1v) is 44.5. The normalized spacial score (nSPS) is 13.6. The van der Waals surface area contributed by atoms with E-state index in [2.05, 4.69) is 85.1 Å². The van der Waals surface area contributed by atoms with Crippen LogP contribution in [0.15, 0.2) is 30.3 Å². The van der Waals surface area contributed by atoms with Gasteiger partial charge in [0.25, 0.3) is 0 Å². The van der Waals surface area contributed by atoms with Crippen LogP contribution in [0.2, 0.25) is 0 Å². The number of rotatable bonds is 50. The quantitative estimate of drug-likeness (QED) is 0.0220. The van der Waals surface area contributed by atoms with Gasteiger partial charge in [0.05, 0.1) is 0 Å². The number of nitrogens with two attached hydrogens (primary N) is 1. The SMILES string of the molecule is CC(C)(C)OC(=O)NCCC[C@@H](NC(=O)[C@@H](CCCNC(=O)OC(C)(C)C)NC(=O)[C@@H](CCCNC(=O)OC(C)(C)C)NC(=O)[C@@H](CCCNC(=O)OC(C)(C)C)NC(=O)[C@@H](CCCNC(=O)OC(C)(C)C)NC(=O)[C@@H](CCCNC(=O)OC(C)(C)C)NC(=O)[C@@H](CCCNC(=O)OC(C)(C)C)NC(=O)[C@@H](CCCNC(=O)OC(C)(C)C)NC(=O)OCc1ccccc1)C(N)=O. The molecule has 0 aliphatic carbocycles. The van der Waals surface area contributed by atoms with Crippen LogP contribution in [0.25, 0.3) is 0 Å². The average Bonchev–Trinajstić information content (AvgIpc) is 0.855. The van der Waals surface area contributed by atoms with Crippen LogP contribution in [0, 0.1) is 0 Å². The van der Waals surface area contributed by atoms with Crippen molar-refractivity contribution in [3.63, 3.8) is 0 Å². The maximum atomic E-state index is 15.5. The van der Waals surface area contributed by atoms with Crippen LogP contribution in [-0.2, 0) is 87.6 Å². The van der Waals surface area contributed by atoms with Gasteiger partial charge in [-0.2, -0.15) is 0 Å². The van der Waals surface area contributed by atoms with Crippen LogP contribution in [0.4, 0.5) is 43.2 Å². The van der Waals surface area contributed by atoms with Crippen molar-refractivity contribution in [1.29, 1.82) is 0 Å². The van der Waals surface area contributed by atoms with E-state index >= 15 is 24.0 Å². The lowest BCUT2D eigenvalue weighted by Crippen LogP contribution is -2.60. The van der Waals surface area contributed by atoms with Gasteiger partial charge in [0.2, 0.25) is 47.3 Å². The van der Waals surface area contributed by atoms with Gasteiger partial charge in [-0.25, -0.2) is 43.2 Å². The topological polar surface area (TPSA) is 592 Å². The molecule has 0 fully saturated rings. The predicted molar refractivity (Wildman–Crippen MR) is 484 cm³/mol. The zero-order valence-corrected chi connectivity index (χ0v) is 81.4. The predicted octanol–water partition coefficient (Wildman–Crippen LogP) is 7.60. The van der Waals surface area contributed by atoms with E-state index < -0.39 is 195 Å². The highest BCUT2D eigenvalue weighted by atomic mass is 16.6. The fourth-order valence-electron chi connectivity index (χ4n) is 11.5. The van der Waals surface area contributed by atoms with Crippen molar-refractivity contribution in [1.82, 2.24) is 85.1 Å². The summed E-state index contributed by atoms with van der Waals surface area (Å²) in [7, 11) is 0. The van der Waals surface area contributed by atoms with Gasteiger partial charge in [-0.1, -0.05) is 30.3 Å². The maximum absolute atomic E-state index is 15.5. The summed E-state index contributed by atoms with van der Waals surface area (Å²) in [4.78, 5) is 236. The summed E-state index contributed by atoms with van der Waals surface area (Å²) in [5.41, 5.74) is -0.938. The van der Waals surface area contributed by atoms with Gasteiger partial charge in [-0.05, 0) is 274 Å². The summed E-state index contributed by atoms with van der Waals surface area (Å²) in [6.07, 6.45) is -10.2. The Kier molecular flexibility index (Phi) is 51.0. The van der Waals surface area contributed by atoms with Crippen molar-refractivity contribution < 1.29 is 124 Å². The first kappa shape index (κ1) is 117. The van der Waals surface area contributed by atoms with Crippen molar-refractivity contribution in [2.45, 2.75) is 369 Å². The molecule has 43 nitrogen and oxygen atoms in total. The molecule has 17 amide bonds. The van der Waals surface area contributed by atoms with Crippen molar-refractivity contribution in [2.24, 2.45) is 5.73 Å². The number of hydrogen-bond acceptors (Lipinski definition) is 26. The molecule has 0 saturated heterocycles. The molecular formula is C88H153N17O26. The van der Waals surface area contributed by atoms with Gasteiger partial charge in [0, 0.05) is 52.4 Å². The molecule has 0 aliphatic rings. The highest BCUT2D eigenvalue weighted by Gasteiger charge is 2.37. The Balaban J connectivity index is 4.45. The number of amides is 17. The Morgan fingerprint density at radius 2 is 0.382 bits per heavy atom. The largest absolute Gasteiger partial charge is 0.445 e. The molecule has 1 aromatic carbocycles. The van der Waals surface area contributed by atoms with Gasteiger partial charge < -0.3 is 133 Å². The zero-order valence-electron chi connectivity index (χ0n) is 81.4. The van der Waals surface area contributed by atoms with E-state index in [1.807, 2.05) is 0 Å². The second kappa shape index (κ2) is 56.9. The van der Waals surface area contributed by atoms with Crippen molar-refractivity contribution in [3.05, 3.63) is 35.9 Å². The Bertz CT molecular complexity index is 3840. The summed E-state index contributed by atoms with van der Waals surface area (Å²) in [6, 6.07) is -4.33. The minimum atomic E-state index is -1.74. The molecule has 43 heteroatoms. The minimum Gasteiger partial charge on any atom is -0.445 e. The highest BCUT2D eigenvalue weighted by molar-refractivity contribution is 5.98. The maximum Gasteiger partial charge on any atom is 0.408 e. The van der Waals surface area contributed by atoms with Gasteiger partial charge in [0.15, 0.2) is 0 Å². The Morgan fingerprint density at radius 1 is 0.229 bits per heavy atom. The Labute approximate surface area is 770 Å². The molecule has 746 valence electrons. The van der Waals surface area contributed by atoms with Crippen LogP contribution >= 0.6 is 0 Å². The lowest BCUT2D eigenvalue weighted by molar-refractivity contribution is -0.136. The Morgan fingerprint density at radius 3 is 0.542 bits per heavy atom. The molecule has 0 heterocycles. The standard InChI is InChI=1S/C88H153N17O26/c1-81(2,3)124-72(114)90-46-28-38-56(64(89)106)98-65(107)57(39-29-47-91-73(115)125-82(4,5)6)99-66(108)58(40-30-48-92-74(116)126-83(7,8)9)100-67(109)59(41-31-49-93-75(117)127-84(10,11)12)101-68(110)60(42-32-50-94-76(118)128-85(13,14)15)102-69(111)61(43-33-51-95-77(119)129-86(16,17)18)103-70(112)62(44-34-52-96-78(120)130-87(19,20)21)104-71(113)63(45-35-53-97-79(121)131-88(22,23)24)105-80(122)123-54-55-36-26-25-27-37-55/h25-27,36-37,56-63H,28-35,38-54H2,1-24H3,(H2,89,106)(H,90,114)(H,91,115)(H,92,116)(H,93,117)(H,94,118)(H,95,119)(H,96,120)(H,97,121)(H,98,107)(H,99,108)(H,100,109)(H,101,110)(H,102,111)(H,103,112)(H,104,113)(H,105,122)/t56-,57-,58-,59-,60-,61-,62-,63-/m1/s1. The first-order valence-electron chi connectivity index (χ1n) is 44.5. The van der Waals surface area contributed by atoms with E-state index in [0.717, 1.165) is 0 Å². The molecule has 1 rings (SSSR count). The van der Waals surface area contributed by atoms with Crippen LogP contribution in [0.5, 0.6) is 0 Å². The number of primary amides is 1. The van der Waals surface area contributed by atoms with Gasteiger partial charge in [-0.15, -0.1) is 0 Å². The third kappa shape index (κ3) is 61.6. The molecular weight excluding hydrogens is 1710 g/mol. The number of carbonyl (C=O) groups is 17. The monoisotopic (exact) mass is 1860 g/mol. The smallest absolute Gasteiger partial charge is 0.408 e. The summed E-state index contributed by atoms with van der Waals surface area (Å²) >= 11 is 0. The molecule has 0 aromatic heterocycles. The van der Waals surface area contributed by atoms with Crippen molar-refractivity contribution >= 4 is 102 Å². The third-order valence-corrected chi connectivity index (χ3v) is 17.0. The second-order valence-corrected chi connectivity index (χ2v) is 39.2. The number of hydrogen-bond donors (Lipinski definition) is 17. The molecule has 1 aromatic rings. The van der Waals surface area contributed by atoms with E-state index in [1.54, 1.807) is 197 Å². The summed E-state index contributed by atoms with van der Waals surface area (Å²) in [5.74, 6) is -8.24. The number of nitrogens with one attached hydrogen (secondary N) is 16. The van der Waals surface area contributed by atoms with Crippen LogP contribution < -0.4 is 90.8 Å². The molecule has 8 atom stereocenters. The molecule has 0 unspecified atom stereocenters. The number of benzene rings is 1. The number of alkyl carbamates (subject to hydrolysis) is 9. The van der Waals surface area contributed by atoms with Crippen LogP contribution in [0.3, 0.4) is 0 Å². The minimum absolute atomic E-state index is 0.0218. The molecule has 131 heavy (non-hydrogen) atoms. The van der Waals surface area contributed by atoms with Crippen molar-refractivity contribution in [2.75, 3.05) is 52.4 Å². The van der Waals surface area contributed by atoms with Gasteiger partial charge in [0.1, 0.15) is 99.8 Å². The van der Waals surface area contributed by atoms with Gasteiger partial charge in [-0.3, -0.25) is 38.4 Å². The van der Waals surface area contributed by atoms with E-state index in [1.165, 1.54) is 0 Å². The fraction of sp³-hybridized carbons (Fsp3) is 0.739. The van der Waals surface area contributed by atoms with Crippen LogP contribution in [-0.4, -0.2) is 248 Å². The number of carbonyl (C=O) groups excluding carboxylic acids is 17. The lowest BCUT2D eigenvalue weighted by Gasteiger charge is -2.28. The Hall–Kier alpha value is -11.6. The highest BCUT2D eigenvalue weighted by Crippen LogP contribution is 2.18. The summed E-state index contributed by atoms with van der Waals surface area (Å²) in [5, 5.41) is 41.9. The molecule has 0 spiro atoms. The molecule has 0 aliphatic heterocycles. The molecule has 0 bridgehead atoms. The molecule has 0 saturated carbocycles. The van der Waals surface area contributed by atoms with Crippen LogP contribution in [0.1, 0.15) is 274 Å². The summed E-state index contributed by atoms with van der Waals surface area (Å²) < 4.78 is 48.7. The summed E-state index contributed by atoms with van der Waals surface area (Å²) in [6.45, 7) is 38.0. The zero-order chi connectivity index (χ0) is 99.9.